The molecule has 0 radical (unpaired) electrons. The van der Waals surface area contributed by atoms with Gasteiger partial charge in [0.15, 0.2) is 10.9 Å². The van der Waals surface area contributed by atoms with Gasteiger partial charge in [-0.3, -0.25) is 4.99 Å². The van der Waals surface area contributed by atoms with Crippen LogP contribution in [-0.4, -0.2) is 63.6 Å². The Kier molecular flexibility index (Phi) is 3.99. The maximum atomic E-state index is 11.0. The van der Waals surface area contributed by atoms with Crippen LogP contribution in [0.1, 0.15) is 24.3 Å². The van der Waals surface area contributed by atoms with E-state index in [1.54, 1.807) is 6.07 Å². The van der Waals surface area contributed by atoms with Crippen LogP contribution in [0.25, 0.3) is 0 Å². The van der Waals surface area contributed by atoms with Crippen molar-refractivity contribution >= 4 is 28.7 Å². The molecule has 3 heterocycles. The SMILES string of the molecule is CC1(C)CN=C(N2CCN(c3cccc(C(=O)O)n3)CC2)S1. The first kappa shape index (κ1) is 15.1. The highest BCUT2D eigenvalue weighted by Gasteiger charge is 2.31. The van der Waals surface area contributed by atoms with E-state index in [0.717, 1.165) is 43.7 Å². The predicted molar refractivity (Wildman–Crippen MR) is 89.0 cm³/mol. The van der Waals surface area contributed by atoms with Gasteiger partial charge in [-0.1, -0.05) is 17.8 Å². The van der Waals surface area contributed by atoms with Crippen molar-refractivity contribution in [2.24, 2.45) is 4.99 Å². The quantitative estimate of drug-likeness (QED) is 0.896. The molecule has 2 aliphatic heterocycles. The summed E-state index contributed by atoms with van der Waals surface area (Å²) in [5.74, 6) is -0.250. The molecule has 2 aliphatic rings. The molecule has 0 saturated carbocycles. The number of hydrogen-bond acceptors (Lipinski definition) is 6. The van der Waals surface area contributed by atoms with Gasteiger partial charge in [0, 0.05) is 30.9 Å². The van der Waals surface area contributed by atoms with Gasteiger partial charge in [-0.15, -0.1) is 0 Å². The van der Waals surface area contributed by atoms with Crippen LogP contribution < -0.4 is 4.90 Å². The van der Waals surface area contributed by atoms with Gasteiger partial charge in [0.2, 0.25) is 0 Å². The number of amidine groups is 1. The highest BCUT2D eigenvalue weighted by molar-refractivity contribution is 8.15. The molecule has 0 unspecified atom stereocenters. The highest BCUT2D eigenvalue weighted by atomic mass is 32.2. The minimum Gasteiger partial charge on any atom is -0.477 e. The molecule has 0 spiro atoms. The Hall–Kier alpha value is -1.76. The molecule has 3 rings (SSSR count). The lowest BCUT2D eigenvalue weighted by molar-refractivity contribution is 0.0690. The fraction of sp³-hybridized carbons (Fsp3) is 0.533. The first-order valence-electron chi connectivity index (χ1n) is 7.38. The highest BCUT2D eigenvalue weighted by Crippen LogP contribution is 2.33. The molecule has 1 N–H and O–H groups in total. The molecule has 1 fully saturated rings. The standard InChI is InChI=1S/C15H20N4O2S/c1-15(2)10-16-14(22-15)19-8-6-18(7-9-19)12-5-3-4-11(17-12)13(20)21/h3-5H,6-10H2,1-2H3,(H,20,21). The van der Waals surface area contributed by atoms with E-state index in [2.05, 4.69) is 33.6 Å². The minimum atomic E-state index is -0.987. The number of aromatic carboxylic acids is 1. The number of pyridine rings is 1. The number of thioether (sulfide) groups is 1. The topological polar surface area (TPSA) is 69.0 Å². The van der Waals surface area contributed by atoms with E-state index in [9.17, 15) is 4.79 Å². The second-order valence-corrected chi connectivity index (χ2v) is 7.80. The van der Waals surface area contributed by atoms with Crippen LogP contribution in [0, 0.1) is 0 Å². The van der Waals surface area contributed by atoms with Crippen molar-refractivity contribution < 1.29 is 9.90 Å². The van der Waals surface area contributed by atoms with Crippen LogP contribution in [0.2, 0.25) is 0 Å². The summed E-state index contributed by atoms with van der Waals surface area (Å²) in [7, 11) is 0. The Morgan fingerprint density at radius 2 is 1.91 bits per heavy atom. The molecule has 1 aromatic rings. The largest absolute Gasteiger partial charge is 0.477 e. The van der Waals surface area contributed by atoms with Crippen molar-refractivity contribution in [1.82, 2.24) is 9.88 Å². The smallest absolute Gasteiger partial charge is 0.354 e. The fourth-order valence-corrected chi connectivity index (χ4v) is 3.64. The second-order valence-electron chi connectivity index (χ2n) is 6.12. The normalized spacial score (nSPS) is 20.9. The van der Waals surface area contributed by atoms with Gasteiger partial charge in [-0.2, -0.15) is 0 Å². The van der Waals surface area contributed by atoms with Crippen molar-refractivity contribution in [3.63, 3.8) is 0 Å². The summed E-state index contributed by atoms with van der Waals surface area (Å²) >= 11 is 1.84. The van der Waals surface area contributed by atoms with Gasteiger partial charge in [0.1, 0.15) is 5.82 Å². The molecule has 118 valence electrons. The number of hydrogen-bond donors (Lipinski definition) is 1. The van der Waals surface area contributed by atoms with Crippen molar-refractivity contribution in [2.75, 3.05) is 37.6 Å². The van der Waals surface area contributed by atoms with Gasteiger partial charge in [-0.05, 0) is 26.0 Å². The first-order chi connectivity index (χ1) is 10.4. The van der Waals surface area contributed by atoms with Crippen molar-refractivity contribution in [3.05, 3.63) is 23.9 Å². The average molecular weight is 320 g/mol. The summed E-state index contributed by atoms with van der Waals surface area (Å²) in [6, 6.07) is 5.14. The summed E-state index contributed by atoms with van der Waals surface area (Å²) in [5, 5.41) is 10.2. The average Bonchev–Trinajstić information content (AvgIpc) is 2.88. The van der Waals surface area contributed by atoms with Crippen LogP contribution in [0.4, 0.5) is 5.82 Å². The number of carboxylic acids is 1. The van der Waals surface area contributed by atoms with Gasteiger partial charge in [-0.25, -0.2) is 9.78 Å². The third-order valence-corrected chi connectivity index (χ3v) is 5.04. The third kappa shape index (κ3) is 3.19. The zero-order valence-corrected chi connectivity index (χ0v) is 13.6. The first-order valence-corrected chi connectivity index (χ1v) is 8.20. The molecule has 1 saturated heterocycles. The van der Waals surface area contributed by atoms with Crippen LogP contribution >= 0.6 is 11.8 Å². The summed E-state index contributed by atoms with van der Waals surface area (Å²) in [4.78, 5) is 24.3. The van der Waals surface area contributed by atoms with Gasteiger partial charge in [0.25, 0.3) is 0 Å². The Morgan fingerprint density at radius 3 is 2.50 bits per heavy atom. The number of nitrogens with zero attached hydrogens (tertiary/aromatic N) is 4. The van der Waals surface area contributed by atoms with E-state index in [-0.39, 0.29) is 10.4 Å². The van der Waals surface area contributed by atoms with E-state index in [0.29, 0.717) is 0 Å². The summed E-state index contributed by atoms with van der Waals surface area (Å²) in [5.41, 5.74) is 0.0948. The van der Waals surface area contributed by atoms with E-state index in [4.69, 9.17) is 5.11 Å². The molecule has 0 aliphatic carbocycles. The number of carboxylic acid groups (broad SMARTS) is 1. The van der Waals surface area contributed by atoms with Crippen LogP contribution in [-0.2, 0) is 0 Å². The van der Waals surface area contributed by atoms with Crippen LogP contribution in [0.15, 0.2) is 23.2 Å². The van der Waals surface area contributed by atoms with E-state index in [1.807, 2.05) is 17.8 Å². The third-order valence-electron chi connectivity index (χ3n) is 3.79. The Morgan fingerprint density at radius 1 is 1.23 bits per heavy atom. The van der Waals surface area contributed by atoms with Gasteiger partial charge in [0.05, 0.1) is 6.54 Å². The van der Waals surface area contributed by atoms with E-state index >= 15 is 0 Å². The molecule has 0 atom stereocenters. The fourth-order valence-electron chi connectivity index (χ4n) is 2.58. The number of anilines is 1. The Labute approximate surface area is 134 Å². The molecule has 0 bridgehead atoms. The molecule has 22 heavy (non-hydrogen) atoms. The second kappa shape index (κ2) is 5.79. The molecule has 1 aromatic heterocycles. The number of aliphatic imine (C=N–C) groups is 1. The zero-order chi connectivity index (χ0) is 15.7. The molecular formula is C15H20N4O2S. The summed E-state index contributed by atoms with van der Waals surface area (Å²) in [6.07, 6.45) is 0. The minimum absolute atomic E-state index is 0.0948. The Balaban J connectivity index is 1.63. The lowest BCUT2D eigenvalue weighted by Gasteiger charge is -2.36. The summed E-state index contributed by atoms with van der Waals surface area (Å²) in [6.45, 7) is 8.74. The number of aromatic nitrogens is 1. The molecule has 6 nitrogen and oxygen atoms in total. The molecule has 7 heteroatoms. The molecule has 0 amide bonds. The predicted octanol–water partition coefficient (Wildman–Crippen LogP) is 1.78. The Bertz CT molecular complexity index is 609. The van der Waals surface area contributed by atoms with Crippen molar-refractivity contribution in [3.8, 4) is 0 Å². The van der Waals surface area contributed by atoms with E-state index < -0.39 is 5.97 Å². The zero-order valence-electron chi connectivity index (χ0n) is 12.8. The lowest BCUT2D eigenvalue weighted by atomic mass is 10.2. The van der Waals surface area contributed by atoms with Crippen LogP contribution in [0.5, 0.6) is 0 Å². The summed E-state index contributed by atoms with van der Waals surface area (Å²) < 4.78 is 0.198. The number of piperazine rings is 1. The maximum Gasteiger partial charge on any atom is 0.354 e. The van der Waals surface area contributed by atoms with Crippen molar-refractivity contribution in [1.29, 1.82) is 0 Å². The van der Waals surface area contributed by atoms with Crippen LogP contribution in [0.3, 0.4) is 0 Å². The molecule has 0 aromatic carbocycles. The monoisotopic (exact) mass is 320 g/mol. The number of rotatable bonds is 2. The lowest BCUT2D eigenvalue weighted by Crippen LogP contribution is -2.48. The number of carbonyl (C=O) groups is 1. The molecular weight excluding hydrogens is 300 g/mol. The maximum absolute atomic E-state index is 11.0. The van der Waals surface area contributed by atoms with Gasteiger partial charge >= 0.3 is 5.97 Å². The van der Waals surface area contributed by atoms with Crippen molar-refractivity contribution in [2.45, 2.75) is 18.6 Å². The van der Waals surface area contributed by atoms with Gasteiger partial charge < -0.3 is 14.9 Å². The van der Waals surface area contributed by atoms with E-state index in [1.165, 1.54) is 6.07 Å².